The van der Waals surface area contributed by atoms with Gasteiger partial charge in [-0.2, -0.15) is 0 Å². The lowest BCUT2D eigenvalue weighted by atomic mass is 10.2. The molecule has 0 fully saturated rings. The molecule has 8 heteroatoms. The topological polar surface area (TPSA) is 61.4 Å². The van der Waals surface area contributed by atoms with Crippen LogP contribution in [0.15, 0.2) is 72.8 Å². The van der Waals surface area contributed by atoms with Crippen LogP contribution in [0.2, 0.25) is 15.1 Å². The maximum Gasteiger partial charge on any atom is 0.326 e. The summed E-state index contributed by atoms with van der Waals surface area (Å²) in [5, 5.41) is 6.91. The van der Waals surface area contributed by atoms with Crippen molar-refractivity contribution < 1.29 is 9.59 Å². The van der Waals surface area contributed by atoms with E-state index in [0.717, 1.165) is 0 Å². The molecule has 3 aromatic rings. The molecule has 0 spiro atoms. The van der Waals surface area contributed by atoms with Crippen molar-refractivity contribution in [3.05, 3.63) is 93.4 Å². The van der Waals surface area contributed by atoms with Crippen LogP contribution in [-0.2, 0) is 0 Å². The standard InChI is InChI=1S/C22H18Cl3N3O2/c23-15-6-9-17(10-7-15)27-22(30)28(18-4-2-1-3-5-18)13-12-26-21(29)19-11-8-16(24)14-20(19)25/h1-11,14H,12-13H2,(H,26,29)(H,27,30). The van der Waals surface area contributed by atoms with Crippen LogP contribution in [0.4, 0.5) is 16.2 Å². The molecule has 0 saturated carbocycles. The lowest BCUT2D eigenvalue weighted by molar-refractivity contribution is 0.0954. The summed E-state index contributed by atoms with van der Waals surface area (Å²) in [7, 11) is 0. The second-order valence-electron chi connectivity index (χ2n) is 6.30. The molecular weight excluding hydrogens is 445 g/mol. The van der Waals surface area contributed by atoms with Gasteiger partial charge in [-0.1, -0.05) is 53.0 Å². The second-order valence-corrected chi connectivity index (χ2v) is 7.58. The first-order chi connectivity index (χ1) is 14.4. The molecular formula is C22H18Cl3N3O2. The van der Waals surface area contributed by atoms with Crippen LogP contribution in [0.1, 0.15) is 10.4 Å². The normalized spacial score (nSPS) is 10.4. The summed E-state index contributed by atoms with van der Waals surface area (Å²) in [6, 6.07) is 20.3. The quantitative estimate of drug-likeness (QED) is 0.464. The molecule has 30 heavy (non-hydrogen) atoms. The molecule has 0 aliphatic carbocycles. The number of amides is 3. The summed E-state index contributed by atoms with van der Waals surface area (Å²) in [5.74, 6) is -0.345. The van der Waals surface area contributed by atoms with E-state index in [4.69, 9.17) is 34.8 Å². The minimum absolute atomic E-state index is 0.223. The van der Waals surface area contributed by atoms with Gasteiger partial charge in [0.15, 0.2) is 0 Å². The summed E-state index contributed by atoms with van der Waals surface area (Å²) in [4.78, 5) is 26.8. The first-order valence-electron chi connectivity index (χ1n) is 9.06. The van der Waals surface area contributed by atoms with Gasteiger partial charge in [-0.3, -0.25) is 9.69 Å². The van der Waals surface area contributed by atoms with Crippen LogP contribution in [0.25, 0.3) is 0 Å². The highest BCUT2D eigenvalue weighted by molar-refractivity contribution is 6.36. The number of nitrogens with zero attached hydrogens (tertiary/aromatic N) is 1. The molecule has 0 bridgehead atoms. The van der Waals surface area contributed by atoms with Crippen molar-refractivity contribution in [2.24, 2.45) is 0 Å². The summed E-state index contributed by atoms with van der Waals surface area (Å²) < 4.78 is 0. The third-order valence-corrected chi connectivity index (χ3v) is 5.01. The van der Waals surface area contributed by atoms with Crippen LogP contribution < -0.4 is 15.5 Å². The average Bonchev–Trinajstić information content (AvgIpc) is 2.73. The number of urea groups is 1. The lowest BCUT2D eigenvalue weighted by Gasteiger charge is -2.23. The number of rotatable bonds is 6. The molecule has 0 atom stereocenters. The zero-order valence-corrected chi connectivity index (χ0v) is 18.0. The van der Waals surface area contributed by atoms with Gasteiger partial charge in [0.05, 0.1) is 10.6 Å². The van der Waals surface area contributed by atoms with Gasteiger partial charge in [0.1, 0.15) is 0 Å². The molecule has 3 aromatic carbocycles. The summed E-state index contributed by atoms with van der Waals surface area (Å²) in [5.41, 5.74) is 1.63. The number of hydrogen-bond donors (Lipinski definition) is 2. The molecule has 3 rings (SSSR count). The smallest absolute Gasteiger partial charge is 0.326 e. The monoisotopic (exact) mass is 461 g/mol. The fourth-order valence-electron chi connectivity index (χ4n) is 2.73. The third kappa shape index (κ3) is 5.89. The maximum absolute atomic E-state index is 12.9. The molecule has 0 saturated heterocycles. The van der Waals surface area contributed by atoms with E-state index in [1.54, 1.807) is 41.3 Å². The number of hydrogen-bond acceptors (Lipinski definition) is 2. The third-order valence-electron chi connectivity index (χ3n) is 4.21. The number of benzene rings is 3. The van der Waals surface area contributed by atoms with Crippen LogP contribution in [0.3, 0.4) is 0 Å². The van der Waals surface area contributed by atoms with E-state index in [-0.39, 0.29) is 30.1 Å². The van der Waals surface area contributed by atoms with Gasteiger partial charge in [-0.25, -0.2) is 4.79 Å². The van der Waals surface area contributed by atoms with Gasteiger partial charge in [-0.05, 0) is 54.6 Å². The van der Waals surface area contributed by atoms with Crippen molar-refractivity contribution in [1.82, 2.24) is 5.32 Å². The fraction of sp³-hybridized carbons (Fsp3) is 0.0909. The molecule has 154 valence electrons. The molecule has 0 radical (unpaired) electrons. The van der Waals surface area contributed by atoms with Gasteiger partial charge in [0.25, 0.3) is 5.91 Å². The molecule has 0 aliphatic heterocycles. The molecule has 3 amide bonds. The van der Waals surface area contributed by atoms with E-state index in [9.17, 15) is 9.59 Å². The largest absolute Gasteiger partial charge is 0.350 e. The zero-order chi connectivity index (χ0) is 21.5. The summed E-state index contributed by atoms with van der Waals surface area (Å²) in [6.45, 7) is 0.473. The SMILES string of the molecule is O=C(NCCN(C(=O)Nc1ccc(Cl)cc1)c1ccccc1)c1ccc(Cl)cc1Cl. The molecule has 0 heterocycles. The van der Waals surface area contributed by atoms with Crippen molar-refractivity contribution in [2.45, 2.75) is 0 Å². The lowest BCUT2D eigenvalue weighted by Crippen LogP contribution is -2.41. The van der Waals surface area contributed by atoms with E-state index in [2.05, 4.69) is 10.6 Å². The summed E-state index contributed by atoms with van der Waals surface area (Å²) >= 11 is 17.9. The number of halogens is 3. The number of carbonyl (C=O) groups is 2. The Morgan fingerprint density at radius 3 is 2.17 bits per heavy atom. The van der Waals surface area contributed by atoms with Gasteiger partial charge < -0.3 is 10.6 Å². The Morgan fingerprint density at radius 2 is 1.50 bits per heavy atom. The predicted octanol–water partition coefficient (Wildman–Crippen LogP) is 6.12. The number of nitrogens with one attached hydrogen (secondary N) is 2. The van der Waals surface area contributed by atoms with Gasteiger partial charge in [0, 0.05) is 34.5 Å². The zero-order valence-electron chi connectivity index (χ0n) is 15.7. The summed E-state index contributed by atoms with van der Waals surface area (Å²) in [6.07, 6.45) is 0. The Labute approximate surface area is 189 Å². The van der Waals surface area contributed by atoms with E-state index in [0.29, 0.717) is 27.0 Å². The minimum Gasteiger partial charge on any atom is -0.350 e. The Morgan fingerprint density at radius 1 is 0.833 bits per heavy atom. The van der Waals surface area contributed by atoms with Crippen molar-refractivity contribution in [1.29, 1.82) is 0 Å². The van der Waals surface area contributed by atoms with Gasteiger partial charge in [0.2, 0.25) is 0 Å². The highest BCUT2D eigenvalue weighted by atomic mass is 35.5. The molecule has 2 N–H and O–H groups in total. The van der Waals surface area contributed by atoms with Crippen molar-refractivity contribution in [3.63, 3.8) is 0 Å². The predicted molar refractivity (Wildman–Crippen MR) is 123 cm³/mol. The Balaban J connectivity index is 1.68. The Hall–Kier alpha value is -2.73. The number of anilines is 2. The highest BCUT2D eigenvalue weighted by Gasteiger charge is 2.17. The van der Waals surface area contributed by atoms with Crippen molar-refractivity contribution >= 4 is 58.1 Å². The average molecular weight is 463 g/mol. The fourth-order valence-corrected chi connectivity index (χ4v) is 3.35. The van der Waals surface area contributed by atoms with E-state index in [1.807, 2.05) is 30.3 Å². The number of para-hydroxylation sites is 1. The van der Waals surface area contributed by atoms with Crippen LogP contribution >= 0.6 is 34.8 Å². The molecule has 0 aromatic heterocycles. The molecule has 5 nitrogen and oxygen atoms in total. The first-order valence-corrected chi connectivity index (χ1v) is 10.2. The highest BCUT2D eigenvalue weighted by Crippen LogP contribution is 2.21. The van der Waals surface area contributed by atoms with E-state index < -0.39 is 0 Å². The second kappa shape index (κ2) is 10.3. The Bertz CT molecular complexity index is 1030. The van der Waals surface area contributed by atoms with E-state index in [1.165, 1.54) is 6.07 Å². The van der Waals surface area contributed by atoms with Crippen molar-refractivity contribution in [2.75, 3.05) is 23.3 Å². The van der Waals surface area contributed by atoms with Crippen LogP contribution in [0, 0.1) is 0 Å². The number of carbonyl (C=O) groups excluding carboxylic acids is 2. The van der Waals surface area contributed by atoms with Gasteiger partial charge >= 0.3 is 6.03 Å². The maximum atomic E-state index is 12.9. The van der Waals surface area contributed by atoms with Gasteiger partial charge in [-0.15, -0.1) is 0 Å². The first kappa shape index (κ1) is 22.0. The minimum atomic E-state index is -0.345. The van der Waals surface area contributed by atoms with E-state index >= 15 is 0 Å². The Kier molecular flexibility index (Phi) is 7.57. The molecule has 0 aliphatic rings. The van der Waals surface area contributed by atoms with Crippen molar-refractivity contribution in [3.8, 4) is 0 Å². The van der Waals surface area contributed by atoms with Crippen LogP contribution in [-0.4, -0.2) is 25.0 Å². The molecule has 0 unspecified atom stereocenters. The van der Waals surface area contributed by atoms with Crippen LogP contribution in [0.5, 0.6) is 0 Å².